The van der Waals surface area contributed by atoms with Gasteiger partial charge >= 0.3 is 6.03 Å². The Labute approximate surface area is 131 Å². The van der Waals surface area contributed by atoms with Crippen molar-refractivity contribution in [2.24, 2.45) is 0 Å². The van der Waals surface area contributed by atoms with Crippen LogP contribution in [0.3, 0.4) is 0 Å². The van der Waals surface area contributed by atoms with Gasteiger partial charge in [0.15, 0.2) is 0 Å². The van der Waals surface area contributed by atoms with Crippen LogP contribution in [-0.2, 0) is 11.3 Å². The minimum absolute atomic E-state index is 0.0671. The maximum absolute atomic E-state index is 11.7. The molecule has 5 nitrogen and oxygen atoms in total. The second kappa shape index (κ2) is 8.97. The second-order valence-electron chi connectivity index (χ2n) is 4.16. The van der Waals surface area contributed by atoms with Gasteiger partial charge in [0.25, 0.3) is 0 Å². The third-order valence-electron chi connectivity index (χ3n) is 2.79. The molecule has 0 aliphatic rings. The van der Waals surface area contributed by atoms with E-state index in [4.69, 9.17) is 0 Å². The van der Waals surface area contributed by atoms with Crippen LogP contribution in [-0.4, -0.2) is 36.5 Å². The van der Waals surface area contributed by atoms with Crippen molar-refractivity contribution in [2.45, 2.75) is 26.8 Å². The Hall–Kier alpha value is -1.08. The predicted octanol–water partition coefficient (Wildman–Crippen LogP) is 2.57. The van der Waals surface area contributed by atoms with Crippen molar-refractivity contribution in [3.63, 3.8) is 0 Å². The number of carbonyl (C=O) groups excluding carboxylic acids is 2. The Kier molecular flexibility index (Phi) is 7.61. The van der Waals surface area contributed by atoms with Gasteiger partial charge in [-0.15, -0.1) is 11.3 Å². The molecule has 7 heteroatoms. The van der Waals surface area contributed by atoms with E-state index in [9.17, 15) is 9.59 Å². The smallest absolute Gasteiger partial charge is 0.315 e. The molecule has 0 unspecified atom stereocenters. The van der Waals surface area contributed by atoms with Crippen LogP contribution in [0, 0.1) is 0 Å². The lowest BCUT2D eigenvalue weighted by Crippen LogP contribution is -2.38. The fourth-order valence-corrected chi connectivity index (χ4v) is 3.08. The van der Waals surface area contributed by atoms with Crippen LogP contribution >= 0.6 is 27.3 Å². The highest BCUT2D eigenvalue weighted by atomic mass is 79.9. The van der Waals surface area contributed by atoms with E-state index in [-0.39, 0.29) is 11.9 Å². The molecule has 0 atom stereocenters. The van der Waals surface area contributed by atoms with Crippen molar-refractivity contribution in [3.05, 3.63) is 20.8 Å². The van der Waals surface area contributed by atoms with Crippen molar-refractivity contribution in [1.29, 1.82) is 0 Å². The van der Waals surface area contributed by atoms with Gasteiger partial charge in [0.05, 0.1) is 6.54 Å². The second-order valence-corrected chi connectivity index (χ2v) is 6.07. The predicted molar refractivity (Wildman–Crippen MR) is 84.8 cm³/mol. The number of nitrogens with zero attached hydrogens (tertiary/aromatic N) is 1. The summed E-state index contributed by atoms with van der Waals surface area (Å²) >= 11 is 4.94. The molecule has 1 aromatic heterocycles. The topological polar surface area (TPSA) is 61.4 Å². The van der Waals surface area contributed by atoms with Gasteiger partial charge < -0.3 is 15.5 Å². The monoisotopic (exact) mass is 361 g/mol. The first-order chi connectivity index (χ1) is 9.56. The molecule has 0 aromatic carbocycles. The number of rotatable bonds is 7. The molecule has 0 saturated carbocycles. The molecule has 0 radical (unpaired) electrons. The van der Waals surface area contributed by atoms with Crippen LogP contribution in [0.5, 0.6) is 0 Å². The standard InChI is InChI=1S/C13H20BrN3O2S/c1-3-17(4-2)12(18)5-6-15-13(19)16-8-11-7-10(14)9-20-11/h7,9H,3-6,8H2,1-2H3,(H2,15,16,19). The lowest BCUT2D eigenvalue weighted by atomic mass is 10.3. The molecule has 1 rings (SSSR count). The number of thiophene rings is 1. The fraction of sp³-hybridized carbons (Fsp3) is 0.538. The molecule has 0 bridgehead atoms. The number of carbonyl (C=O) groups is 2. The van der Waals surface area contributed by atoms with E-state index in [0.717, 1.165) is 9.35 Å². The zero-order valence-electron chi connectivity index (χ0n) is 11.7. The van der Waals surface area contributed by atoms with E-state index in [1.807, 2.05) is 25.3 Å². The van der Waals surface area contributed by atoms with E-state index in [0.29, 0.717) is 32.6 Å². The molecule has 20 heavy (non-hydrogen) atoms. The van der Waals surface area contributed by atoms with E-state index < -0.39 is 0 Å². The third kappa shape index (κ3) is 5.92. The van der Waals surface area contributed by atoms with Gasteiger partial charge in [0.2, 0.25) is 5.91 Å². The van der Waals surface area contributed by atoms with Crippen molar-refractivity contribution < 1.29 is 9.59 Å². The zero-order chi connectivity index (χ0) is 15.0. The van der Waals surface area contributed by atoms with Crippen molar-refractivity contribution in [2.75, 3.05) is 19.6 Å². The summed E-state index contributed by atoms with van der Waals surface area (Å²) in [5, 5.41) is 7.42. The zero-order valence-corrected chi connectivity index (χ0v) is 14.1. The van der Waals surface area contributed by atoms with Crippen LogP contribution in [0.4, 0.5) is 4.79 Å². The largest absolute Gasteiger partial charge is 0.343 e. The first-order valence-corrected chi connectivity index (χ1v) is 8.26. The molecule has 112 valence electrons. The summed E-state index contributed by atoms with van der Waals surface area (Å²) in [4.78, 5) is 26.1. The quantitative estimate of drug-likeness (QED) is 0.783. The molecular formula is C13H20BrN3O2S. The molecule has 0 aliphatic heterocycles. The molecule has 1 aromatic rings. The van der Waals surface area contributed by atoms with Gasteiger partial charge in [-0.25, -0.2) is 4.79 Å². The Morgan fingerprint density at radius 1 is 1.30 bits per heavy atom. The van der Waals surface area contributed by atoms with E-state index >= 15 is 0 Å². The molecule has 0 fully saturated rings. The number of nitrogens with one attached hydrogen (secondary N) is 2. The Bertz CT molecular complexity index is 447. The van der Waals surface area contributed by atoms with Gasteiger partial charge in [-0.05, 0) is 35.8 Å². The van der Waals surface area contributed by atoms with E-state index in [1.54, 1.807) is 16.2 Å². The average Bonchev–Trinajstić information content (AvgIpc) is 2.83. The summed E-state index contributed by atoms with van der Waals surface area (Å²) in [5.74, 6) is 0.0671. The van der Waals surface area contributed by atoms with Gasteiger partial charge in [0, 0.05) is 40.8 Å². The minimum atomic E-state index is -0.248. The van der Waals surface area contributed by atoms with E-state index in [2.05, 4.69) is 26.6 Å². The lowest BCUT2D eigenvalue weighted by Gasteiger charge is -2.18. The molecular weight excluding hydrogens is 342 g/mol. The third-order valence-corrected chi connectivity index (χ3v) is 4.48. The summed E-state index contributed by atoms with van der Waals surface area (Å²) < 4.78 is 1.02. The highest BCUT2D eigenvalue weighted by molar-refractivity contribution is 9.10. The number of hydrogen-bond donors (Lipinski definition) is 2. The van der Waals surface area contributed by atoms with Crippen LogP contribution < -0.4 is 10.6 Å². The van der Waals surface area contributed by atoms with Gasteiger partial charge in [-0.3, -0.25) is 4.79 Å². The number of hydrogen-bond acceptors (Lipinski definition) is 3. The van der Waals surface area contributed by atoms with Gasteiger partial charge in [0.1, 0.15) is 0 Å². The fourth-order valence-electron chi connectivity index (χ4n) is 1.69. The molecule has 0 saturated heterocycles. The van der Waals surface area contributed by atoms with Gasteiger partial charge in [-0.1, -0.05) is 0 Å². The molecule has 1 heterocycles. The van der Waals surface area contributed by atoms with Crippen LogP contribution in [0.2, 0.25) is 0 Å². The van der Waals surface area contributed by atoms with Crippen molar-refractivity contribution in [1.82, 2.24) is 15.5 Å². The Morgan fingerprint density at radius 3 is 2.55 bits per heavy atom. The first-order valence-electron chi connectivity index (χ1n) is 6.59. The van der Waals surface area contributed by atoms with Crippen LogP contribution in [0.1, 0.15) is 25.1 Å². The maximum atomic E-state index is 11.7. The number of urea groups is 1. The highest BCUT2D eigenvalue weighted by Gasteiger charge is 2.09. The normalized spacial score (nSPS) is 10.2. The summed E-state index contributed by atoms with van der Waals surface area (Å²) in [6, 6.07) is 1.72. The highest BCUT2D eigenvalue weighted by Crippen LogP contribution is 2.19. The maximum Gasteiger partial charge on any atom is 0.315 e. The van der Waals surface area contributed by atoms with Crippen molar-refractivity contribution in [3.8, 4) is 0 Å². The molecule has 3 amide bonds. The molecule has 0 spiro atoms. The average molecular weight is 362 g/mol. The molecule has 0 aliphatic carbocycles. The summed E-state index contributed by atoms with van der Waals surface area (Å²) in [6.45, 7) is 6.15. The van der Waals surface area contributed by atoms with Crippen molar-refractivity contribution >= 4 is 39.2 Å². The summed E-state index contributed by atoms with van der Waals surface area (Å²) in [5.41, 5.74) is 0. The number of amides is 3. The lowest BCUT2D eigenvalue weighted by molar-refractivity contribution is -0.130. The summed E-state index contributed by atoms with van der Waals surface area (Å²) in [7, 11) is 0. The Morgan fingerprint density at radius 2 is 2.00 bits per heavy atom. The SMILES string of the molecule is CCN(CC)C(=O)CCNC(=O)NCc1cc(Br)cs1. The number of halogens is 1. The van der Waals surface area contributed by atoms with E-state index in [1.165, 1.54) is 0 Å². The van der Waals surface area contributed by atoms with Crippen LogP contribution in [0.15, 0.2) is 15.9 Å². The Balaban J connectivity index is 2.18. The molecule has 2 N–H and O–H groups in total. The van der Waals surface area contributed by atoms with Gasteiger partial charge in [-0.2, -0.15) is 0 Å². The summed E-state index contributed by atoms with van der Waals surface area (Å²) in [6.07, 6.45) is 0.333. The first kappa shape index (κ1) is 17.0. The minimum Gasteiger partial charge on any atom is -0.343 e. The van der Waals surface area contributed by atoms with Crippen LogP contribution in [0.25, 0.3) is 0 Å².